The number of morpholine rings is 1. The number of hydrogen-bond donors (Lipinski definition) is 0. The third kappa shape index (κ3) is 9.10. The molecule has 9 rings (SSSR count). The molecule has 12 nitrogen and oxygen atoms in total. The summed E-state index contributed by atoms with van der Waals surface area (Å²) in [7, 11) is 1.96. The second-order valence-corrected chi connectivity index (χ2v) is 17.6. The maximum atomic E-state index is 15.1. The van der Waals surface area contributed by atoms with Crippen molar-refractivity contribution in [1.29, 1.82) is 0 Å². The van der Waals surface area contributed by atoms with Gasteiger partial charge in [0.25, 0.3) is 11.8 Å². The van der Waals surface area contributed by atoms with Crippen molar-refractivity contribution in [2.24, 2.45) is 7.05 Å². The number of fused-ring (bicyclic) bond motifs is 2. The van der Waals surface area contributed by atoms with Gasteiger partial charge in [-0.3, -0.25) is 28.9 Å². The maximum Gasteiger partial charge on any atom is 0.264 e. The van der Waals surface area contributed by atoms with E-state index in [1.54, 1.807) is 4.90 Å². The number of nitrogens with zero attached hydrogens (tertiary/aromatic N) is 7. The zero-order valence-electron chi connectivity index (χ0n) is 38.3. The molecular weight excluding hydrogens is 815 g/mol. The standard InChI is InChI=1S/C53H59N7O5/c1-6-58-35-50(37(3)54-58)60(44-14-8-7-9-15-44)53(63)46-32-49(55(5)38(46)4)47-30-41-20-21-57(51(61)29-39-16-18-45(19-17-39)65-27-24-56-22-25-64-26-23-56)33-43(41)31-48(47)52(62)59-34-42-13-11-10-12-40(42)28-36(59)2/h7-19,30-32,35-36H,6,20-29,33-34H2,1-5H3/t36-/m1/s1. The van der Waals surface area contributed by atoms with Gasteiger partial charge in [0.1, 0.15) is 12.4 Å². The van der Waals surface area contributed by atoms with Crippen LogP contribution in [0.4, 0.5) is 11.4 Å². The van der Waals surface area contributed by atoms with E-state index in [4.69, 9.17) is 9.47 Å². The molecule has 0 unspecified atom stereocenters. The Kier molecular flexibility index (Phi) is 12.7. The van der Waals surface area contributed by atoms with Crippen LogP contribution in [0.2, 0.25) is 0 Å². The number of aryl methyl sites for hydroxylation is 2. The minimum atomic E-state index is -0.179. The summed E-state index contributed by atoms with van der Waals surface area (Å²) in [6.45, 7) is 15.0. The number of benzene rings is 4. The minimum absolute atomic E-state index is 0.0279. The number of aromatic nitrogens is 3. The Morgan fingerprint density at radius 1 is 0.831 bits per heavy atom. The lowest BCUT2D eigenvalue weighted by atomic mass is 9.89. The van der Waals surface area contributed by atoms with Gasteiger partial charge in [0.05, 0.1) is 36.6 Å². The van der Waals surface area contributed by atoms with Gasteiger partial charge in [-0.05, 0) is 111 Å². The van der Waals surface area contributed by atoms with Crippen molar-refractivity contribution in [2.75, 3.05) is 50.9 Å². The molecule has 1 fully saturated rings. The Hall–Kier alpha value is -6.50. The summed E-state index contributed by atoms with van der Waals surface area (Å²) in [6.07, 6.45) is 3.60. The smallest absolute Gasteiger partial charge is 0.264 e. The number of hydrogen-bond acceptors (Lipinski definition) is 7. The van der Waals surface area contributed by atoms with Crippen LogP contribution < -0.4 is 9.64 Å². The lowest BCUT2D eigenvalue weighted by Crippen LogP contribution is -2.43. The van der Waals surface area contributed by atoms with Gasteiger partial charge in [0.15, 0.2) is 0 Å². The Labute approximate surface area is 382 Å². The Morgan fingerprint density at radius 3 is 2.31 bits per heavy atom. The molecule has 65 heavy (non-hydrogen) atoms. The third-order valence-corrected chi connectivity index (χ3v) is 13.5. The van der Waals surface area contributed by atoms with Gasteiger partial charge in [0.2, 0.25) is 5.91 Å². The zero-order valence-corrected chi connectivity index (χ0v) is 38.3. The van der Waals surface area contributed by atoms with Crippen molar-refractivity contribution in [2.45, 2.75) is 72.6 Å². The first kappa shape index (κ1) is 43.7. The molecule has 3 aliphatic rings. The van der Waals surface area contributed by atoms with Crippen LogP contribution in [0.1, 0.15) is 73.8 Å². The molecule has 3 aliphatic heterocycles. The second kappa shape index (κ2) is 18.9. The van der Waals surface area contributed by atoms with Gasteiger partial charge < -0.3 is 23.8 Å². The topological polar surface area (TPSA) is 105 Å². The van der Waals surface area contributed by atoms with Crippen LogP contribution in [0.5, 0.6) is 5.75 Å². The number of anilines is 2. The van der Waals surface area contributed by atoms with Crippen molar-refractivity contribution in [1.82, 2.24) is 29.0 Å². The van der Waals surface area contributed by atoms with E-state index < -0.39 is 0 Å². The van der Waals surface area contributed by atoms with Crippen molar-refractivity contribution in [3.63, 3.8) is 0 Å². The summed E-state index contributed by atoms with van der Waals surface area (Å²) in [5, 5.41) is 4.68. The van der Waals surface area contributed by atoms with E-state index in [0.29, 0.717) is 50.3 Å². The molecule has 3 amide bonds. The molecule has 0 aliphatic carbocycles. The van der Waals surface area contributed by atoms with Gasteiger partial charge in [0, 0.05) is 93.3 Å². The average Bonchev–Trinajstić information content (AvgIpc) is 3.85. The number of carbonyl (C=O) groups excluding carboxylic acids is 3. The normalized spacial score (nSPS) is 16.2. The quantitative estimate of drug-likeness (QED) is 0.123. The third-order valence-electron chi connectivity index (χ3n) is 13.5. The van der Waals surface area contributed by atoms with Gasteiger partial charge in [-0.1, -0.05) is 54.6 Å². The van der Waals surface area contributed by atoms with E-state index in [2.05, 4.69) is 41.2 Å². The summed E-state index contributed by atoms with van der Waals surface area (Å²) in [6, 6.07) is 31.9. The molecule has 5 heterocycles. The molecule has 0 spiro atoms. The van der Waals surface area contributed by atoms with Crippen molar-refractivity contribution in [3.05, 3.63) is 154 Å². The van der Waals surface area contributed by atoms with E-state index in [9.17, 15) is 9.59 Å². The fourth-order valence-electron chi connectivity index (χ4n) is 9.55. The largest absolute Gasteiger partial charge is 0.492 e. The van der Waals surface area contributed by atoms with Crippen molar-refractivity contribution >= 4 is 29.1 Å². The van der Waals surface area contributed by atoms with Gasteiger partial charge >= 0.3 is 0 Å². The van der Waals surface area contributed by atoms with Crippen LogP contribution in [0.25, 0.3) is 11.3 Å². The van der Waals surface area contributed by atoms with Crippen LogP contribution in [-0.2, 0) is 55.5 Å². The Bertz CT molecular complexity index is 2700. The van der Waals surface area contributed by atoms with E-state index >= 15 is 4.79 Å². The molecule has 0 radical (unpaired) electrons. The molecular formula is C53H59N7O5. The zero-order chi connectivity index (χ0) is 45.2. The Morgan fingerprint density at radius 2 is 1.57 bits per heavy atom. The monoisotopic (exact) mass is 873 g/mol. The highest BCUT2D eigenvalue weighted by molar-refractivity contribution is 6.13. The van der Waals surface area contributed by atoms with E-state index in [-0.39, 0.29) is 30.2 Å². The van der Waals surface area contributed by atoms with Gasteiger partial charge in [-0.25, -0.2) is 0 Å². The molecule has 1 saturated heterocycles. The lowest BCUT2D eigenvalue weighted by Gasteiger charge is -2.36. The number of ether oxygens (including phenoxy) is 2. The first-order valence-electron chi connectivity index (χ1n) is 23.0. The summed E-state index contributed by atoms with van der Waals surface area (Å²) < 4.78 is 15.3. The number of amides is 3. The van der Waals surface area contributed by atoms with Crippen LogP contribution in [0.3, 0.4) is 0 Å². The molecule has 0 bridgehead atoms. The summed E-state index contributed by atoms with van der Waals surface area (Å²) in [5.41, 5.74) is 11.1. The summed E-state index contributed by atoms with van der Waals surface area (Å²) >= 11 is 0. The molecule has 6 aromatic rings. The number of rotatable bonds is 12. The molecule has 2 aromatic heterocycles. The molecule has 1 atom stereocenters. The molecule has 12 heteroatoms. The average molecular weight is 874 g/mol. The second-order valence-electron chi connectivity index (χ2n) is 17.6. The van der Waals surface area contributed by atoms with Crippen LogP contribution in [0.15, 0.2) is 103 Å². The first-order chi connectivity index (χ1) is 31.6. The highest BCUT2D eigenvalue weighted by atomic mass is 16.5. The van der Waals surface area contributed by atoms with Gasteiger partial charge in [-0.2, -0.15) is 5.10 Å². The fourth-order valence-corrected chi connectivity index (χ4v) is 9.55. The van der Waals surface area contributed by atoms with Gasteiger partial charge in [-0.15, -0.1) is 0 Å². The SMILES string of the molecule is CCn1cc(N(C(=O)c2cc(-c3cc4c(cc3C(=O)N3Cc5ccccc5C[C@H]3C)CN(C(=O)Cc3ccc(OCCN5CCOCC5)cc3)CC4)n(C)c2C)c2ccccc2)c(C)n1. The lowest BCUT2D eigenvalue weighted by molar-refractivity contribution is -0.131. The Balaban J connectivity index is 1.01. The summed E-state index contributed by atoms with van der Waals surface area (Å²) in [5.74, 6) is 0.583. The molecule has 336 valence electrons. The van der Waals surface area contributed by atoms with E-state index in [1.807, 2.05) is 126 Å². The van der Waals surface area contributed by atoms with Crippen LogP contribution >= 0.6 is 0 Å². The highest BCUT2D eigenvalue weighted by Crippen LogP contribution is 2.37. The molecule has 0 saturated carbocycles. The molecule has 0 N–H and O–H groups in total. The predicted molar refractivity (Wildman–Crippen MR) is 253 cm³/mol. The molecule has 4 aromatic carbocycles. The minimum Gasteiger partial charge on any atom is -0.492 e. The number of carbonyl (C=O) groups is 3. The first-order valence-corrected chi connectivity index (χ1v) is 23.0. The van der Waals surface area contributed by atoms with E-state index in [0.717, 1.165) is 101 Å². The summed E-state index contributed by atoms with van der Waals surface area (Å²) in [4.78, 5) is 52.0. The van der Waals surface area contributed by atoms with Crippen LogP contribution in [-0.4, -0.2) is 98.8 Å². The van der Waals surface area contributed by atoms with Crippen LogP contribution in [0, 0.1) is 13.8 Å². The van der Waals surface area contributed by atoms with Crippen molar-refractivity contribution in [3.8, 4) is 17.0 Å². The maximum absolute atomic E-state index is 15.1. The van der Waals surface area contributed by atoms with E-state index in [1.165, 1.54) is 5.56 Å². The number of para-hydroxylation sites is 1. The fraction of sp³-hybridized carbons (Fsp3) is 0.358. The van der Waals surface area contributed by atoms with Crippen molar-refractivity contribution < 1.29 is 23.9 Å². The predicted octanol–water partition coefficient (Wildman–Crippen LogP) is 7.93. The highest BCUT2D eigenvalue weighted by Gasteiger charge is 2.33.